The second-order valence-electron chi connectivity index (χ2n) is 3.23. The van der Waals surface area contributed by atoms with E-state index in [0.717, 1.165) is 19.3 Å². The van der Waals surface area contributed by atoms with Crippen molar-refractivity contribution >= 4 is 18.4 Å². The van der Waals surface area contributed by atoms with Crippen LogP contribution in [0.5, 0.6) is 0 Å². The summed E-state index contributed by atoms with van der Waals surface area (Å²) in [6.45, 7) is 0. The second-order valence-corrected chi connectivity index (χ2v) is 3.23. The number of hydrogen-bond acceptors (Lipinski definition) is 2. The summed E-state index contributed by atoms with van der Waals surface area (Å²) >= 11 is 0. The third-order valence-corrected chi connectivity index (χ3v) is 2.31. The lowest BCUT2D eigenvalue weighted by atomic mass is 9.90. The van der Waals surface area contributed by atoms with Gasteiger partial charge < -0.3 is 10.8 Å². The number of nitrogens with two attached hydrogens (primary N) is 1. The smallest absolute Gasteiger partial charge is 0.308 e. The van der Waals surface area contributed by atoms with Crippen LogP contribution in [0.3, 0.4) is 0 Å². The maximum atomic E-state index is 10.7. The molecule has 0 amide bonds. The third-order valence-electron chi connectivity index (χ3n) is 2.31. The first-order valence-electron chi connectivity index (χ1n) is 4.35. The normalized spacial score (nSPS) is 28.4. The fourth-order valence-corrected chi connectivity index (χ4v) is 1.52. The molecule has 13 heavy (non-hydrogen) atoms. The summed E-state index contributed by atoms with van der Waals surface area (Å²) in [4.78, 5) is 10.7. The highest BCUT2D eigenvalue weighted by molar-refractivity contribution is 5.85. The van der Waals surface area contributed by atoms with Gasteiger partial charge in [-0.2, -0.15) is 0 Å². The van der Waals surface area contributed by atoms with Crippen LogP contribution < -0.4 is 5.73 Å². The van der Waals surface area contributed by atoms with E-state index in [4.69, 9.17) is 10.8 Å². The molecule has 1 aliphatic rings. The van der Waals surface area contributed by atoms with Gasteiger partial charge in [0, 0.05) is 6.04 Å². The second kappa shape index (κ2) is 6.00. The van der Waals surface area contributed by atoms with Crippen LogP contribution in [0, 0.1) is 5.92 Å². The molecule has 0 spiro atoms. The van der Waals surface area contributed by atoms with Crippen molar-refractivity contribution in [2.75, 3.05) is 0 Å². The zero-order chi connectivity index (χ0) is 8.97. The molecule has 0 aromatic rings. The van der Waals surface area contributed by atoms with Gasteiger partial charge in [-0.25, -0.2) is 0 Å². The van der Waals surface area contributed by atoms with E-state index in [9.17, 15) is 4.79 Å². The molecule has 0 aliphatic heterocycles. The van der Waals surface area contributed by atoms with Crippen LogP contribution in [-0.2, 0) is 4.79 Å². The fraction of sp³-hybridized carbons (Fsp3) is 0.667. The molecular formula is C9H16ClNO2. The average Bonchev–Trinajstić information content (AvgIpc) is 1.96. The van der Waals surface area contributed by atoms with Crippen LogP contribution in [0.1, 0.15) is 25.7 Å². The Bertz CT molecular complexity index is 194. The predicted molar refractivity (Wildman–Crippen MR) is 54.0 cm³/mol. The number of allylic oxidation sites excluding steroid dienone is 2. The lowest BCUT2D eigenvalue weighted by Gasteiger charge is -2.20. The van der Waals surface area contributed by atoms with E-state index in [2.05, 4.69) is 6.08 Å². The first kappa shape index (κ1) is 12.5. The number of rotatable bonds is 1. The summed E-state index contributed by atoms with van der Waals surface area (Å²) < 4.78 is 0. The number of hydrogen-bond donors (Lipinski definition) is 2. The first-order valence-corrected chi connectivity index (χ1v) is 4.35. The summed E-state index contributed by atoms with van der Waals surface area (Å²) in [5.74, 6) is -1.10. The molecule has 2 unspecified atom stereocenters. The highest BCUT2D eigenvalue weighted by atomic mass is 35.5. The van der Waals surface area contributed by atoms with Gasteiger partial charge in [0.05, 0.1) is 5.92 Å². The molecule has 0 fully saturated rings. The zero-order valence-corrected chi connectivity index (χ0v) is 8.30. The van der Waals surface area contributed by atoms with E-state index in [1.165, 1.54) is 0 Å². The lowest BCUT2D eigenvalue weighted by Crippen LogP contribution is -2.35. The lowest BCUT2D eigenvalue weighted by molar-refractivity contribution is -0.142. The molecule has 4 heteroatoms. The molecule has 0 saturated heterocycles. The Labute approximate surface area is 84.4 Å². The third kappa shape index (κ3) is 3.79. The van der Waals surface area contributed by atoms with Gasteiger partial charge >= 0.3 is 5.97 Å². The van der Waals surface area contributed by atoms with Gasteiger partial charge in [0.2, 0.25) is 0 Å². The maximum Gasteiger partial charge on any atom is 0.308 e. The molecule has 76 valence electrons. The summed E-state index contributed by atoms with van der Waals surface area (Å²) in [7, 11) is 0. The van der Waals surface area contributed by atoms with E-state index in [1.54, 1.807) is 0 Å². The molecule has 0 aromatic heterocycles. The van der Waals surface area contributed by atoms with Crippen LogP contribution in [0.4, 0.5) is 0 Å². The van der Waals surface area contributed by atoms with Crippen LogP contribution in [-0.4, -0.2) is 17.1 Å². The summed E-state index contributed by atoms with van der Waals surface area (Å²) in [5.41, 5.74) is 5.73. The quantitative estimate of drug-likeness (QED) is 0.639. The van der Waals surface area contributed by atoms with E-state index in [-0.39, 0.29) is 24.4 Å². The predicted octanol–water partition coefficient (Wildman–Crippen LogP) is 1.57. The Morgan fingerprint density at radius 2 is 1.85 bits per heavy atom. The van der Waals surface area contributed by atoms with Crippen molar-refractivity contribution < 1.29 is 9.90 Å². The van der Waals surface area contributed by atoms with Crippen LogP contribution in [0.2, 0.25) is 0 Å². The average molecular weight is 206 g/mol. The minimum Gasteiger partial charge on any atom is -0.481 e. The minimum absolute atomic E-state index is 0. The van der Waals surface area contributed by atoms with Crippen molar-refractivity contribution in [3.63, 3.8) is 0 Å². The summed E-state index contributed by atoms with van der Waals surface area (Å²) in [5, 5.41) is 8.82. The SMILES string of the molecule is Cl.NC1CCC=CCCC1C(=O)O. The molecular weight excluding hydrogens is 190 g/mol. The number of aliphatic carboxylic acids is 1. The number of halogens is 1. The summed E-state index contributed by atoms with van der Waals surface area (Å²) in [6.07, 6.45) is 7.33. The topological polar surface area (TPSA) is 63.3 Å². The highest BCUT2D eigenvalue weighted by Crippen LogP contribution is 2.17. The maximum absolute atomic E-state index is 10.7. The Kier molecular flexibility index (Phi) is 5.75. The number of carbonyl (C=O) groups is 1. The van der Waals surface area contributed by atoms with Crippen LogP contribution in [0.25, 0.3) is 0 Å². The molecule has 3 N–H and O–H groups in total. The molecule has 0 aromatic carbocycles. The minimum atomic E-state index is -0.752. The van der Waals surface area contributed by atoms with Crippen LogP contribution in [0.15, 0.2) is 12.2 Å². The number of carboxylic acid groups (broad SMARTS) is 1. The largest absolute Gasteiger partial charge is 0.481 e. The Morgan fingerprint density at radius 1 is 1.31 bits per heavy atom. The van der Waals surface area contributed by atoms with E-state index >= 15 is 0 Å². The van der Waals surface area contributed by atoms with Gasteiger partial charge in [-0.1, -0.05) is 12.2 Å². The van der Waals surface area contributed by atoms with Gasteiger partial charge in [0.15, 0.2) is 0 Å². The van der Waals surface area contributed by atoms with E-state index < -0.39 is 5.97 Å². The van der Waals surface area contributed by atoms with Crippen LogP contribution >= 0.6 is 12.4 Å². The number of carboxylic acids is 1. The Morgan fingerprint density at radius 3 is 2.38 bits per heavy atom. The van der Waals surface area contributed by atoms with Gasteiger partial charge in [-0.15, -0.1) is 12.4 Å². The monoisotopic (exact) mass is 205 g/mol. The van der Waals surface area contributed by atoms with E-state index in [1.807, 2.05) is 6.08 Å². The molecule has 0 radical (unpaired) electrons. The Hall–Kier alpha value is -0.540. The standard InChI is InChI=1S/C9H15NO2.ClH/c10-8-6-4-2-1-3-5-7(8)9(11)12;/h1-2,7-8H,3-6,10H2,(H,11,12);1H. The van der Waals surface area contributed by atoms with Crippen molar-refractivity contribution in [1.82, 2.24) is 0 Å². The highest BCUT2D eigenvalue weighted by Gasteiger charge is 2.24. The van der Waals surface area contributed by atoms with Gasteiger partial charge in [0.25, 0.3) is 0 Å². The molecule has 0 saturated carbocycles. The van der Waals surface area contributed by atoms with E-state index in [0.29, 0.717) is 6.42 Å². The van der Waals surface area contributed by atoms with Crippen molar-refractivity contribution in [3.8, 4) is 0 Å². The molecule has 0 heterocycles. The van der Waals surface area contributed by atoms with Gasteiger partial charge in [-0.05, 0) is 25.7 Å². The van der Waals surface area contributed by atoms with Crippen molar-refractivity contribution in [3.05, 3.63) is 12.2 Å². The van der Waals surface area contributed by atoms with Crippen molar-refractivity contribution in [2.24, 2.45) is 11.7 Å². The molecule has 0 bridgehead atoms. The molecule has 1 aliphatic carbocycles. The van der Waals surface area contributed by atoms with Gasteiger partial charge in [-0.3, -0.25) is 4.79 Å². The molecule has 2 atom stereocenters. The van der Waals surface area contributed by atoms with Crippen molar-refractivity contribution in [1.29, 1.82) is 0 Å². The zero-order valence-electron chi connectivity index (χ0n) is 7.48. The molecule has 3 nitrogen and oxygen atoms in total. The fourth-order valence-electron chi connectivity index (χ4n) is 1.52. The summed E-state index contributed by atoms with van der Waals surface area (Å²) in [6, 6.07) is -0.174. The Balaban J connectivity index is 0.00000144. The molecule has 1 rings (SSSR count). The van der Waals surface area contributed by atoms with Crippen molar-refractivity contribution in [2.45, 2.75) is 31.7 Å². The van der Waals surface area contributed by atoms with Gasteiger partial charge in [0.1, 0.15) is 0 Å². The first-order chi connectivity index (χ1) is 5.72.